The fourth-order valence-corrected chi connectivity index (χ4v) is 3.25. The van der Waals surface area contributed by atoms with Crippen LogP contribution < -0.4 is 4.74 Å². The molecule has 1 aromatic heterocycles. The number of fused-ring (bicyclic) bond motifs is 1. The van der Waals surface area contributed by atoms with E-state index in [9.17, 15) is 4.79 Å². The quantitative estimate of drug-likeness (QED) is 0.942. The van der Waals surface area contributed by atoms with Crippen molar-refractivity contribution in [3.8, 4) is 5.75 Å². The van der Waals surface area contributed by atoms with Gasteiger partial charge in [-0.15, -0.1) is 0 Å². The van der Waals surface area contributed by atoms with Gasteiger partial charge in [-0.3, -0.25) is 9.89 Å². The number of likely N-dealkylation sites (tertiary alicyclic amines) is 1. The molecule has 4 rings (SSSR count). The summed E-state index contributed by atoms with van der Waals surface area (Å²) >= 11 is 0. The third-order valence-electron chi connectivity index (χ3n) is 4.66. The van der Waals surface area contributed by atoms with Crippen molar-refractivity contribution in [3.63, 3.8) is 0 Å². The van der Waals surface area contributed by atoms with Crippen molar-refractivity contribution in [2.45, 2.75) is 25.5 Å². The van der Waals surface area contributed by atoms with Gasteiger partial charge in [-0.1, -0.05) is 12.1 Å². The Kier molecular flexibility index (Phi) is 3.53. The number of hydrogen-bond acceptors (Lipinski definition) is 4. The molecule has 1 amide bonds. The van der Waals surface area contributed by atoms with Gasteiger partial charge in [0.15, 0.2) is 5.69 Å². The first-order chi connectivity index (χ1) is 11.3. The standard InChI is InChI=1S/C17H19N3O3/c1-22-12-4-2-3-11(9-12)15-5-7-20(15)17(21)16-13-10-23-8-6-14(13)18-19-16/h2-4,9,15H,5-8,10H2,1H3,(H,18,19)/t15-/m0/s1. The lowest BCUT2D eigenvalue weighted by Crippen LogP contribution is -2.45. The van der Waals surface area contributed by atoms with E-state index in [2.05, 4.69) is 10.2 Å². The van der Waals surface area contributed by atoms with Crippen LogP contribution in [0.4, 0.5) is 0 Å². The van der Waals surface area contributed by atoms with Crippen LogP contribution >= 0.6 is 0 Å². The van der Waals surface area contributed by atoms with Gasteiger partial charge in [0, 0.05) is 24.2 Å². The first-order valence-corrected chi connectivity index (χ1v) is 7.86. The lowest BCUT2D eigenvalue weighted by molar-refractivity contribution is 0.0445. The molecular weight excluding hydrogens is 294 g/mol. The SMILES string of the molecule is COc1cccc([C@@H]2CCN2C(=O)c2n[nH]c3c2COCC3)c1. The number of H-pyrrole nitrogens is 1. The molecule has 2 aliphatic heterocycles. The molecule has 1 atom stereocenters. The summed E-state index contributed by atoms with van der Waals surface area (Å²) in [5, 5.41) is 7.23. The van der Waals surface area contributed by atoms with Crippen LogP contribution in [0, 0.1) is 0 Å². The smallest absolute Gasteiger partial charge is 0.275 e. The van der Waals surface area contributed by atoms with E-state index in [1.54, 1.807) is 7.11 Å². The van der Waals surface area contributed by atoms with E-state index in [1.807, 2.05) is 29.2 Å². The van der Waals surface area contributed by atoms with Crippen molar-refractivity contribution in [1.29, 1.82) is 0 Å². The molecule has 0 unspecified atom stereocenters. The molecule has 2 aliphatic rings. The summed E-state index contributed by atoms with van der Waals surface area (Å²) in [5.41, 5.74) is 3.55. The van der Waals surface area contributed by atoms with Crippen LogP contribution in [0.5, 0.6) is 5.75 Å². The molecule has 0 radical (unpaired) electrons. The van der Waals surface area contributed by atoms with E-state index in [0.717, 1.165) is 42.0 Å². The summed E-state index contributed by atoms with van der Waals surface area (Å²) in [6.07, 6.45) is 1.75. The lowest BCUT2D eigenvalue weighted by atomic mass is 9.93. The number of carbonyl (C=O) groups excluding carboxylic acids is 1. The molecule has 3 heterocycles. The normalized spacial score (nSPS) is 19.9. The zero-order chi connectivity index (χ0) is 15.8. The highest BCUT2D eigenvalue weighted by molar-refractivity contribution is 5.94. The maximum Gasteiger partial charge on any atom is 0.275 e. The number of benzene rings is 1. The molecule has 6 nitrogen and oxygen atoms in total. The van der Waals surface area contributed by atoms with Crippen LogP contribution in [0.3, 0.4) is 0 Å². The van der Waals surface area contributed by atoms with E-state index >= 15 is 0 Å². The zero-order valence-corrected chi connectivity index (χ0v) is 13.0. The van der Waals surface area contributed by atoms with Gasteiger partial charge in [-0.2, -0.15) is 5.10 Å². The van der Waals surface area contributed by atoms with Crippen LogP contribution in [0.2, 0.25) is 0 Å². The molecule has 23 heavy (non-hydrogen) atoms. The number of nitrogens with zero attached hydrogens (tertiary/aromatic N) is 2. The van der Waals surface area contributed by atoms with Crippen LogP contribution in [-0.4, -0.2) is 41.3 Å². The predicted octanol–water partition coefficient (Wildman–Crippen LogP) is 2.08. The summed E-state index contributed by atoms with van der Waals surface area (Å²) in [6, 6.07) is 7.99. The first-order valence-electron chi connectivity index (χ1n) is 7.86. The molecule has 1 aromatic carbocycles. The highest BCUT2D eigenvalue weighted by Gasteiger charge is 2.36. The minimum absolute atomic E-state index is 0.0212. The van der Waals surface area contributed by atoms with Gasteiger partial charge in [0.2, 0.25) is 0 Å². The molecule has 6 heteroatoms. The highest BCUT2D eigenvalue weighted by Crippen LogP contribution is 2.36. The van der Waals surface area contributed by atoms with E-state index < -0.39 is 0 Å². The van der Waals surface area contributed by atoms with Gasteiger partial charge >= 0.3 is 0 Å². The molecule has 2 aromatic rings. The summed E-state index contributed by atoms with van der Waals surface area (Å²) in [4.78, 5) is 14.7. The molecule has 1 saturated heterocycles. The number of methoxy groups -OCH3 is 1. The van der Waals surface area contributed by atoms with Crippen LogP contribution in [0.25, 0.3) is 0 Å². The fourth-order valence-electron chi connectivity index (χ4n) is 3.25. The van der Waals surface area contributed by atoms with Gasteiger partial charge in [-0.25, -0.2) is 0 Å². The van der Waals surface area contributed by atoms with Crippen molar-refractivity contribution in [2.75, 3.05) is 20.3 Å². The average Bonchev–Trinajstić information content (AvgIpc) is 2.98. The number of aromatic nitrogens is 2. The van der Waals surface area contributed by atoms with Gasteiger partial charge in [0.25, 0.3) is 5.91 Å². The number of carbonyl (C=O) groups is 1. The van der Waals surface area contributed by atoms with E-state index in [4.69, 9.17) is 9.47 Å². The molecule has 0 saturated carbocycles. The minimum atomic E-state index is -0.0212. The Morgan fingerprint density at radius 2 is 2.39 bits per heavy atom. The molecule has 120 valence electrons. The van der Waals surface area contributed by atoms with Crippen molar-refractivity contribution in [1.82, 2.24) is 15.1 Å². The summed E-state index contributed by atoms with van der Waals surface area (Å²) in [7, 11) is 1.65. The summed E-state index contributed by atoms with van der Waals surface area (Å²) in [5.74, 6) is 0.791. The minimum Gasteiger partial charge on any atom is -0.497 e. The number of ether oxygens (including phenoxy) is 2. The number of amides is 1. The Bertz CT molecular complexity index is 740. The first kappa shape index (κ1) is 14.3. The second kappa shape index (κ2) is 5.70. The number of nitrogens with one attached hydrogen (secondary N) is 1. The largest absolute Gasteiger partial charge is 0.497 e. The fraction of sp³-hybridized carbons (Fsp3) is 0.412. The molecule has 0 spiro atoms. The summed E-state index contributed by atoms with van der Waals surface area (Å²) < 4.78 is 10.7. The number of hydrogen-bond donors (Lipinski definition) is 1. The van der Waals surface area contributed by atoms with Crippen LogP contribution in [0.15, 0.2) is 24.3 Å². The topological polar surface area (TPSA) is 67.5 Å². The maximum absolute atomic E-state index is 12.9. The van der Waals surface area contributed by atoms with E-state index in [-0.39, 0.29) is 11.9 Å². The lowest BCUT2D eigenvalue weighted by Gasteiger charge is -2.41. The Balaban J connectivity index is 1.58. The third-order valence-corrected chi connectivity index (χ3v) is 4.66. The molecule has 1 fully saturated rings. The molecular formula is C17H19N3O3. The maximum atomic E-state index is 12.9. The summed E-state index contributed by atoms with van der Waals surface area (Å²) in [6.45, 7) is 1.90. The zero-order valence-electron chi connectivity index (χ0n) is 13.0. The van der Waals surface area contributed by atoms with Gasteiger partial charge in [0.05, 0.1) is 26.4 Å². The second-order valence-corrected chi connectivity index (χ2v) is 5.91. The Labute approximate surface area is 134 Å². The van der Waals surface area contributed by atoms with E-state index in [0.29, 0.717) is 18.9 Å². The Hall–Kier alpha value is -2.34. The second-order valence-electron chi connectivity index (χ2n) is 5.91. The highest BCUT2D eigenvalue weighted by atomic mass is 16.5. The average molecular weight is 313 g/mol. The van der Waals surface area contributed by atoms with Crippen molar-refractivity contribution >= 4 is 5.91 Å². The van der Waals surface area contributed by atoms with Crippen molar-refractivity contribution in [3.05, 3.63) is 46.8 Å². The Morgan fingerprint density at radius 1 is 1.48 bits per heavy atom. The number of rotatable bonds is 3. The van der Waals surface area contributed by atoms with Gasteiger partial charge < -0.3 is 14.4 Å². The van der Waals surface area contributed by atoms with Gasteiger partial charge in [0.1, 0.15) is 5.75 Å². The van der Waals surface area contributed by atoms with Crippen LogP contribution in [0.1, 0.15) is 39.8 Å². The third kappa shape index (κ3) is 2.39. The number of aromatic amines is 1. The van der Waals surface area contributed by atoms with E-state index in [1.165, 1.54) is 0 Å². The van der Waals surface area contributed by atoms with Crippen molar-refractivity contribution in [2.24, 2.45) is 0 Å². The molecule has 1 N–H and O–H groups in total. The van der Waals surface area contributed by atoms with Crippen LogP contribution in [-0.2, 0) is 17.8 Å². The predicted molar refractivity (Wildman–Crippen MR) is 83.3 cm³/mol. The molecule has 0 aliphatic carbocycles. The monoisotopic (exact) mass is 313 g/mol. The molecule has 0 bridgehead atoms. The van der Waals surface area contributed by atoms with Gasteiger partial charge in [-0.05, 0) is 24.1 Å². The van der Waals surface area contributed by atoms with Crippen molar-refractivity contribution < 1.29 is 14.3 Å². The Morgan fingerprint density at radius 3 is 3.17 bits per heavy atom.